The molecule has 2 aliphatic carbocycles. The molecule has 0 radical (unpaired) electrons. The second kappa shape index (κ2) is 5.84. The van der Waals surface area contributed by atoms with Crippen LogP contribution in [0.4, 0.5) is 0 Å². The van der Waals surface area contributed by atoms with Crippen molar-refractivity contribution in [2.45, 2.75) is 73.1 Å². The second-order valence-electron chi connectivity index (χ2n) is 6.36. The molecule has 2 rings (SSSR count). The van der Waals surface area contributed by atoms with E-state index < -0.39 is 0 Å². The van der Waals surface area contributed by atoms with Crippen molar-refractivity contribution in [2.24, 2.45) is 11.3 Å². The minimum Gasteiger partial charge on any atom is -0.300 e. The van der Waals surface area contributed by atoms with Crippen LogP contribution in [0.3, 0.4) is 0 Å². The van der Waals surface area contributed by atoms with Gasteiger partial charge in [0.25, 0.3) is 0 Å². The van der Waals surface area contributed by atoms with Crippen molar-refractivity contribution in [3.63, 3.8) is 0 Å². The zero-order valence-corrected chi connectivity index (χ0v) is 12.2. The van der Waals surface area contributed by atoms with Crippen LogP contribution in [-0.2, 0) is 4.79 Å². The minimum absolute atomic E-state index is 0.167. The zero-order valence-electron chi connectivity index (χ0n) is 12.2. The van der Waals surface area contributed by atoms with E-state index in [1.54, 1.807) is 0 Å². The lowest BCUT2D eigenvalue weighted by Gasteiger charge is -2.42. The van der Waals surface area contributed by atoms with Crippen LogP contribution >= 0.6 is 0 Å². The molecular weight excluding hydrogens is 208 g/mol. The summed E-state index contributed by atoms with van der Waals surface area (Å²) < 4.78 is 0. The quantitative estimate of drug-likeness (QED) is 0.546. The van der Waals surface area contributed by atoms with Gasteiger partial charge < -0.3 is 4.79 Å². The van der Waals surface area contributed by atoms with Gasteiger partial charge in [0.05, 0.1) is 0 Å². The Morgan fingerprint density at radius 2 is 1.65 bits per heavy atom. The van der Waals surface area contributed by atoms with Gasteiger partial charge in [0.15, 0.2) is 0 Å². The Morgan fingerprint density at radius 1 is 1.12 bits per heavy atom. The maximum absolute atomic E-state index is 9.44. The Kier molecular flexibility index (Phi) is 4.97. The van der Waals surface area contributed by atoms with Crippen LogP contribution in [0.1, 0.15) is 73.1 Å². The molecule has 0 amide bonds. The van der Waals surface area contributed by atoms with E-state index >= 15 is 0 Å². The molecule has 0 saturated heterocycles. The highest BCUT2D eigenvalue weighted by atomic mass is 16.1. The van der Waals surface area contributed by atoms with Gasteiger partial charge in [-0.1, -0.05) is 31.9 Å². The van der Waals surface area contributed by atoms with E-state index in [-0.39, 0.29) is 5.78 Å². The number of Topliss-reactive ketones (excluding diaryl/α,β-unsaturated/α-hetero) is 1. The molecule has 0 spiro atoms. The Hall–Kier alpha value is -0.590. The smallest absolute Gasteiger partial charge is 0.126 e. The first kappa shape index (κ1) is 14.5. The third-order valence-electron chi connectivity index (χ3n) is 4.47. The molecule has 0 bridgehead atoms. The molecule has 0 N–H and O–H groups in total. The number of carbonyl (C=O) groups is 1. The number of hydrogen-bond donors (Lipinski definition) is 0. The molecule has 0 heterocycles. The minimum atomic E-state index is 0.167. The monoisotopic (exact) mass is 236 g/mol. The Bertz CT molecular complexity index is 305. The van der Waals surface area contributed by atoms with Crippen molar-refractivity contribution >= 4 is 5.78 Å². The van der Waals surface area contributed by atoms with Gasteiger partial charge in [0.1, 0.15) is 5.78 Å². The van der Waals surface area contributed by atoms with E-state index in [0.717, 1.165) is 5.92 Å². The molecule has 0 aromatic heterocycles. The summed E-state index contributed by atoms with van der Waals surface area (Å²) in [6.07, 6.45) is 8.52. The number of rotatable bonds is 0. The number of hydrogen-bond acceptors (Lipinski definition) is 1. The van der Waals surface area contributed by atoms with Crippen LogP contribution in [0.15, 0.2) is 11.1 Å². The van der Waals surface area contributed by atoms with Gasteiger partial charge in [-0.05, 0) is 63.7 Å². The molecular formula is C16H28O. The fraction of sp³-hybridized carbons (Fsp3) is 0.812. The molecule has 98 valence electrons. The molecule has 0 aliphatic heterocycles. The molecule has 0 aromatic rings. The lowest BCUT2D eigenvalue weighted by atomic mass is 9.63. The summed E-state index contributed by atoms with van der Waals surface area (Å²) in [6.45, 7) is 10.4. The molecule has 2 aliphatic rings. The maximum atomic E-state index is 9.44. The summed E-state index contributed by atoms with van der Waals surface area (Å²) >= 11 is 0. The Morgan fingerprint density at radius 3 is 2.24 bits per heavy atom. The van der Waals surface area contributed by atoms with E-state index in [9.17, 15) is 4.79 Å². The highest BCUT2D eigenvalue weighted by molar-refractivity contribution is 5.72. The second-order valence-corrected chi connectivity index (χ2v) is 6.36. The molecule has 1 atom stereocenters. The number of carbonyl (C=O) groups excluding carboxylic acids is 1. The van der Waals surface area contributed by atoms with Crippen molar-refractivity contribution in [1.29, 1.82) is 0 Å². The Balaban J connectivity index is 0.000000317. The topological polar surface area (TPSA) is 17.1 Å². The van der Waals surface area contributed by atoms with Crippen molar-refractivity contribution in [2.75, 3.05) is 0 Å². The maximum Gasteiger partial charge on any atom is 0.126 e. The lowest BCUT2D eigenvalue weighted by Crippen LogP contribution is -2.30. The van der Waals surface area contributed by atoms with E-state index in [4.69, 9.17) is 0 Å². The number of allylic oxidation sites excluding steroid dienone is 2. The van der Waals surface area contributed by atoms with Crippen LogP contribution < -0.4 is 0 Å². The standard InChI is InChI=1S/C13H22.C3H6O/c1-10-8-9-11-6-4-5-7-12(11)13(10,2)3;1-3(2)4/h10H,4-9H2,1-3H3;1-2H3. The third kappa shape index (κ3) is 3.69. The van der Waals surface area contributed by atoms with Gasteiger partial charge in [0.2, 0.25) is 0 Å². The highest BCUT2D eigenvalue weighted by Crippen LogP contribution is 2.49. The summed E-state index contributed by atoms with van der Waals surface area (Å²) in [7, 11) is 0. The first-order valence-corrected chi connectivity index (χ1v) is 7.04. The average Bonchev–Trinajstić information content (AvgIpc) is 2.24. The van der Waals surface area contributed by atoms with Crippen molar-refractivity contribution in [3.05, 3.63) is 11.1 Å². The van der Waals surface area contributed by atoms with Gasteiger partial charge in [-0.15, -0.1) is 0 Å². The predicted molar refractivity (Wildman–Crippen MR) is 74.0 cm³/mol. The van der Waals surface area contributed by atoms with Crippen molar-refractivity contribution in [3.8, 4) is 0 Å². The first-order valence-electron chi connectivity index (χ1n) is 7.04. The zero-order chi connectivity index (χ0) is 13.1. The first-order chi connectivity index (χ1) is 7.85. The van der Waals surface area contributed by atoms with Crippen LogP contribution in [0.25, 0.3) is 0 Å². The average molecular weight is 236 g/mol. The van der Waals surface area contributed by atoms with Crippen LogP contribution in [-0.4, -0.2) is 5.78 Å². The SMILES string of the molecule is CC(C)=O.CC1CCC2=C(CCCC2)C1(C)C. The fourth-order valence-corrected chi connectivity index (χ4v) is 3.07. The summed E-state index contributed by atoms with van der Waals surface area (Å²) in [5.41, 5.74) is 4.17. The van der Waals surface area contributed by atoms with Crippen molar-refractivity contribution < 1.29 is 4.79 Å². The normalized spacial score (nSPS) is 26.8. The fourth-order valence-electron chi connectivity index (χ4n) is 3.07. The molecule has 1 heteroatoms. The van der Waals surface area contributed by atoms with E-state index in [0.29, 0.717) is 5.41 Å². The summed E-state index contributed by atoms with van der Waals surface area (Å²) in [4.78, 5) is 9.44. The predicted octanol–water partition coefficient (Wildman–Crippen LogP) is 4.91. The molecule has 1 unspecified atom stereocenters. The Labute approximate surface area is 107 Å². The molecule has 0 aromatic carbocycles. The van der Waals surface area contributed by atoms with Gasteiger partial charge in [-0.2, -0.15) is 0 Å². The van der Waals surface area contributed by atoms with Crippen LogP contribution in [0, 0.1) is 11.3 Å². The van der Waals surface area contributed by atoms with E-state index in [1.165, 1.54) is 52.4 Å². The molecule has 17 heavy (non-hydrogen) atoms. The molecule has 0 saturated carbocycles. The van der Waals surface area contributed by atoms with Crippen LogP contribution in [0.2, 0.25) is 0 Å². The van der Waals surface area contributed by atoms with Gasteiger partial charge in [0, 0.05) is 0 Å². The summed E-state index contributed by atoms with van der Waals surface area (Å²) in [6, 6.07) is 0. The number of ketones is 1. The molecule has 0 fully saturated rings. The highest BCUT2D eigenvalue weighted by Gasteiger charge is 2.35. The van der Waals surface area contributed by atoms with E-state index in [2.05, 4.69) is 20.8 Å². The van der Waals surface area contributed by atoms with Gasteiger partial charge >= 0.3 is 0 Å². The third-order valence-corrected chi connectivity index (χ3v) is 4.47. The largest absolute Gasteiger partial charge is 0.300 e. The lowest BCUT2D eigenvalue weighted by molar-refractivity contribution is -0.114. The van der Waals surface area contributed by atoms with E-state index in [1.807, 2.05) is 11.1 Å². The van der Waals surface area contributed by atoms with Crippen molar-refractivity contribution in [1.82, 2.24) is 0 Å². The van der Waals surface area contributed by atoms with Gasteiger partial charge in [-0.25, -0.2) is 0 Å². The summed E-state index contributed by atoms with van der Waals surface area (Å²) in [5.74, 6) is 1.06. The molecule has 1 nitrogen and oxygen atoms in total. The summed E-state index contributed by atoms with van der Waals surface area (Å²) in [5, 5.41) is 0. The van der Waals surface area contributed by atoms with Gasteiger partial charge in [-0.3, -0.25) is 0 Å². The van der Waals surface area contributed by atoms with Crippen LogP contribution in [0.5, 0.6) is 0 Å².